The molecule has 4 nitrogen and oxygen atoms in total. The zero-order valence-corrected chi connectivity index (χ0v) is 13.5. The molecule has 2 amide bonds. The Hall–Kier alpha value is -2.27. The first kappa shape index (κ1) is 14.3. The summed E-state index contributed by atoms with van der Waals surface area (Å²) in [4.78, 5) is 27.5. The van der Waals surface area contributed by atoms with Gasteiger partial charge in [-0.1, -0.05) is 18.2 Å². The largest absolute Gasteiger partial charge is 0.324 e. The molecule has 0 aromatic heterocycles. The van der Waals surface area contributed by atoms with E-state index in [-0.39, 0.29) is 17.1 Å². The van der Waals surface area contributed by atoms with Gasteiger partial charge in [-0.25, -0.2) is 0 Å². The molecule has 0 radical (unpaired) electrons. The Labute approximate surface area is 138 Å². The molecular formula is C18H16N2O2S. The van der Waals surface area contributed by atoms with Gasteiger partial charge in [0.05, 0.1) is 10.9 Å². The number of anilines is 2. The highest BCUT2D eigenvalue weighted by Crippen LogP contribution is 2.37. The Bertz CT molecular complexity index is 818. The zero-order chi connectivity index (χ0) is 16.0. The normalized spacial score (nSPS) is 19.1. The van der Waals surface area contributed by atoms with Gasteiger partial charge in [0.25, 0.3) is 5.91 Å². The van der Waals surface area contributed by atoms with Crippen LogP contribution in [0.15, 0.2) is 47.4 Å². The van der Waals surface area contributed by atoms with Crippen LogP contribution in [0.2, 0.25) is 0 Å². The molecule has 1 unspecified atom stereocenters. The highest BCUT2D eigenvalue weighted by atomic mass is 32.2. The lowest BCUT2D eigenvalue weighted by atomic mass is 10.1. The lowest BCUT2D eigenvalue weighted by Crippen LogP contribution is -2.30. The Balaban J connectivity index is 1.66. The molecule has 0 fully saturated rings. The topological polar surface area (TPSA) is 49.4 Å². The third-order valence-electron chi connectivity index (χ3n) is 4.29. The fourth-order valence-corrected chi connectivity index (χ4v) is 3.98. The summed E-state index contributed by atoms with van der Waals surface area (Å²) in [5, 5.41) is 2.78. The van der Waals surface area contributed by atoms with Gasteiger partial charge in [0, 0.05) is 22.7 Å². The molecule has 0 saturated carbocycles. The minimum Gasteiger partial charge on any atom is -0.324 e. The fraction of sp³-hybridized carbons (Fsp3) is 0.222. The fourth-order valence-electron chi connectivity index (χ4n) is 3.05. The van der Waals surface area contributed by atoms with E-state index in [4.69, 9.17) is 0 Å². The van der Waals surface area contributed by atoms with E-state index in [0.717, 1.165) is 22.7 Å². The van der Waals surface area contributed by atoms with Crippen LogP contribution in [0.25, 0.3) is 0 Å². The number of hydrogen-bond donors (Lipinski definition) is 1. The Morgan fingerprint density at radius 1 is 1.26 bits per heavy atom. The highest BCUT2D eigenvalue weighted by Gasteiger charge is 2.27. The number of amides is 2. The van der Waals surface area contributed by atoms with Crippen molar-refractivity contribution in [2.45, 2.75) is 23.5 Å². The van der Waals surface area contributed by atoms with Gasteiger partial charge >= 0.3 is 0 Å². The summed E-state index contributed by atoms with van der Waals surface area (Å²) in [6.07, 6.45) is 0.886. The molecule has 0 saturated heterocycles. The molecule has 116 valence electrons. The number of carbonyl (C=O) groups excluding carboxylic acids is 2. The van der Waals surface area contributed by atoms with E-state index >= 15 is 0 Å². The number of hydrogen-bond acceptors (Lipinski definition) is 3. The molecule has 2 aromatic carbocycles. The number of para-hydroxylation sites is 1. The van der Waals surface area contributed by atoms with Crippen molar-refractivity contribution in [2.24, 2.45) is 0 Å². The van der Waals surface area contributed by atoms with E-state index in [0.29, 0.717) is 12.1 Å². The van der Waals surface area contributed by atoms with Crippen molar-refractivity contribution >= 4 is 35.0 Å². The van der Waals surface area contributed by atoms with Crippen molar-refractivity contribution in [2.75, 3.05) is 16.8 Å². The Kier molecular flexibility index (Phi) is 3.38. The van der Waals surface area contributed by atoms with Crippen molar-refractivity contribution in [3.8, 4) is 0 Å². The summed E-state index contributed by atoms with van der Waals surface area (Å²) in [5.74, 6) is -0.0331. The Morgan fingerprint density at radius 3 is 2.96 bits per heavy atom. The van der Waals surface area contributed by atoms with Gasteiger partial charge in [-0.05, 0) is 43.2 Å². The molecule has 23 heavy (non-hydrogen) atoms. The summed E-state index contributed by atoms with van der Waals surface area (Å²) < 4.78 is 0. The molecule has 2 heterocycles. The predicted octanol–water partition coefficient (Wildman–Crippen LogP) is 3.32. The van der Waals surface area contributed by atoms with E-state index in [9.17, 15) is 9.59 Å². The van der Waals surface area contributed by atoms with E-state index in [2.05, 4.69) is 11.4 Å². The molecule has 0 aliphatic carbocycles. The molecule has 2 aliphatic rings. The van der Waals surface area contributed by atoms with Crippen LogP contribution in [0.1, 0.15) is 22.8 Å². The molecule has 0 spiro atoms. The minimum absolute atomic E-state index is 0.0152. The quantitative estimate of drug-likeness (QED) is 0.875. The molecule has 2 aliphatic heterocycles. The molecule has 4 rings (SSSR count). The van der Waals surface area contributed by atoms with E-state index in [1.165, 1.54) is 17.3 Å². The Morgan fingerprint density at radius 2 is 2.09 bits per heavy atom. The molecule has 5 heteroatoms. The van der Waals surface area contributed by atoms with E-state index in [1.54, 1.807) is 6.07 Å². The zero-order valence-electron chi connectivity index (χ0n) is 12.7. The van der Waals surface area contributed by atoms with Gasteiger partial charge in [0.15, 0.2) is 0 Å². The predicted molar refractivity (Wildman–Crippen MR) is 92.2 cm³/mol. The summed E-state index contributed by atoms with van der Waals surface area (Å²) in [6.45, 7) is 2.58. The van der Waals surface area contributed by atoms with Crippen LogP contribution in [-0.2, 0) is 11.2 Å². The van der Waals surface area contributed by atoms with Crippen LogP contribution < -0.4 is 10.2 Å². The standard InChI is InChI=1S/C18H16N2O2S/c1-11-17(21)19-14-10-13(6-7-16(14)23-11)18(22)20-9-8-12-4-2-3-5-15(12)20/h2-7,10-11H,8-9H2,1H3,(H,19,21). The number of nitrogens with one attached hydrogen (secondary N) is 1. The average Bonchev–Trinajstić information content (AvgIpc) is 2.99. The number of fused-ring (bicyclic) bond motifs is 2. The number of benzene rings is 2. The van der Waals surface area contributed by atoms with Crippen LogP contribution in [0.4, 0.5) is 11.4 Å². The number of thioether (sulfide) groups is 1. The van der Waals surface area contributed by atoms with Crippen LogP contribution in [0.5, 0.6) is 0 Å². The maximum atomic E-state index is 12.8. The first-order valence-electron chi connectivity index (χ1n) is 7.65. The lowest BCUT2D eigenvalue weighted by molar-refractivity contribution is -0.115. The van der Waals surface area contributed by atoms with Crippen LogP contribution in [0.3, 0.4) is 0 Å². The minimum atomic E-state index is -0.102. The molecule has 2 aromatic rings. The number of nitrogens with zero attached hydrogens (tertiary/aromatic N) is 1. The number of rotatable bonds is 1. The first-order valence-corrected chi connectivity index (χ1v) is 8.53. The summed E-state index contributed by atoms with van der Waals surface area (Å²) in [7, 11) is 0. The average molecular weight is 324 g/mol. The number of carbonyl (C=O) groups is 2. The maximum Gasteiger partial charge on any atom is 0.258 e. The summed E-state index contributed by atoms with van der Waals surface area (Å²) in [5.41, 5.74) is 3.53. The molecule has 1 N–H and O–H groups in total. The molecular weight excluding hydrogens is 308 g/mol. The van der Waals surface area contributed by atoms with Gasteiger partial charge < -0.3 is 10.2 Å². The van der Waals surface area contributed by atoms with Gasteiger partial charge in [-0.3, -0.25) is 9.59 Å². The highest BCUT2D eigenvalue weighted by molar-refractivity contribution is 8.00. The monoisotopic (exact) mass is 324 g/mol. The van der Waals surface area contributed by atoms with Crippen molar-refractivity contribution in [3.63, 3.8) is 0 Å². The van der Waals surface area contributed by atoms with Crippen LogP contribution in [0, 0.1) is 0 Å². The third kappa shape index (κ3) is 2.41. The van der Waals surface area contributed by atoms with Gasteiger partial charge in [0.1, 0.15) is 0 Å². The van der Waals surface area contributed by atoms with Gasteiger partial charge in [0.2, 0.25) is 5.91 Å². The van der Waals surface area contributed by atoms with Gasteiger partial charge in [-0.2, -0.15) is 0 Å². The maximum absolute atomic E-state index is 12.8. The van der Waals surface area contributed by atoms with Crippen LogP contribution in [-0.4, -0.2) is 23.6 Å². The van der Waals surface area contributed by atoms with Crippen molar-refractivity contribution in [1.29, 1.82) is 0 Å². The van der Waals surface area contributed by atoms with Crippen LogP contribution >= 0.6 is 11.8 Å². The summed E-state index contributed by atoms with van der Waals surface area (Å²) in [6, 6.07) is 13.6. The lowest BCUT2D eigenvalue weighted by Gasteiger charge is -2.23. The van der Waals surface area contributed by atoms with Crippen molar-refractivity contribution in [1.82, 2.24) is 0 Å². The van der Waals surface area contributed by atoms with Gasteiger partial charge in [-0.15, -0.1) is 11.8 Å². The SMILES string of the molecule is CC1Sc2ccc(C(=O)N3CCc4ccccc43)cc2NC1=O. The second-order valence-electron chi connectivity index (χ2n) is 5.80. The van der Waals surface area contributed by atoms with Crippen molar-refractivity contribution < 1.29 is 9.59 Å². The third-order valence-corrected chi connectivity index (χ3v) is 5.47. The first-order chi connectivity index (χ1) is 11.1. The second-order valence-corrected chi connectivity index (χ2v) is 7.18. The van der Waals surface area contributed by atoms with Crippen molar-refractivity contribution in [3.05, 3.63) is 53.6 Å². The second kappa shape index (κ2) is 5.42. The summed E-state index contributed by atoms with van der Waals surface area (Å²) >= 11 is 1.52. The van der Waals surface area contributed by atoms with E-state index in [1.807, 2.05) is 42.2 Å². The van der Waals surface area contributed by atoms with E-state index < -0.39 is 0 Å². The smallest absolute Gasteiger partial charge is 0.258 e. The molecule has 0 bridgehead atoms. The molecule has 1 atom stereocenters.